The summed E-state index contributed by atoms with van der Waals surface area (Å²) in [5.41, 5.74) is 5.67. The van der Waals surface area contributed by atoms with Crippen LogP contribution in [0, 0.1) is 0 Å². The Hall–Kier alpha value is -0.650. The molecule has 5 heteroatoms. The molecule has 2 unspecified atom stereocenters. The summed E-state index contributed by atoms with van der Waals surface area (Å²) >= 11 is 0. The average molecular weight is 283 g/mol. The molecule has 0 aromatic carbocycles. The van der Waals surface area contributed by atoms with Crippen molar-refractivity contribution in [2.45, 2.75) is 51.2 Å². The Labute approximate surface area is 122 Å². The second kappa shape index (κ2) is 7.96. The highest BCUT2D eigenvalue weighted by Crippen LogP contribution is 2.18. The van der Waals surface area contributed by atoms with Gasteiger partial charge in [0.1, 0.15) is 0 Å². The zero-order chi connectivity index (χ0) is 14.4. The van der Waals surface area contributed by atoms with E-state index in [0.29, 0.717) is 12.5 Å². The third kappa shape index (κ3) is 4.17. The summed E-state index contributed by atoms with van der Waals surface area (Å²) in [5, 5.41) is 0. The van der Waals surface area contributed by atoms with Gasteiger partial charge in [-0.15, -0.1) is 0 Å². The highest BCUT2D eigenvalue weighted by atomic mass is 16.5. The predicted molar refractivity (Wildman–Crippen MR) is 79.5 cm³/mol. The average Bonchev–Trinajstić information content (AvgIpc) is 2.98. The zero-order valence-corrected chi connectivity index (χ0v) is 12.7. The number of piperazine rings is 1. The minimum absolute atomic E-state index is 0.168. The monoisotopic (exact) mass is 283 g/mol. The highest BCUT2D eigenvalue weighted by molar-refractivity contribution is 5.76. The van der Waals surface area contributed by atoms with Gasteiger partial charge in [0.25, 0.3) is 0 Å². The lowest BCUT2D eigenvalue weighted by Crippen LogP contribution is -2.52. The van der Waals surface area contributed by atoms with Gasteiger partial charge >= 0.3 is 0 Å². The fraction of sp³-hybridized carbons (Fsp3) is 0.933. The van der Waals surface area contributed by atoms with Crippen molar-refractivity contribution in [1.29, 1.82) is 0 Å². The van der Waals surface area contributed by atoms with Crippen molar-refractivity contribution in [3.8, 4) is 0 Å². The molecule has 0 bridgehead atoms. The van der Waals surface area contributed by atoms with Crippen molar-refractivity contribution in [3.05, 3.63) is 0 Å². The molecular weight excluding hydrogens is 254 g/mol. The number of carbonyl (C=O) groups is 1. The molecule has 2 aliphatic heterocycles. The molecule has 0 radical (unpaired) electrons. The topological polar surface area (TPSA) is 58.8 Å². The summed E-state index contributed by atoms with van der Waals surface area (Å²) in [6, 6.07) is 0.579. The van der Waals surface area contributed by atoms with Gasteiger partial charge in [0, 0.05) is 38.8 Å². The standard InChI is InChI=1S/C15H29N3O2/c1-2-13(5-6-16)17-7-9-18(10-8-17)15(19)12-14-4-3-11-20-14/h13-14H,2-12,16H2,1H3. The molecule has 2 saturated heterocycles. The quantitative estimate of drug-likeness (QED) is 0.784. The molecular formula is C15H29N3O2. The first kappa shape index (κ1) is 15.7. The third-order valence-corrected chi connectivity index (χ3v) is 4.58. The zero-order valence-electron chi connectivity index (χ0n) is 12.7. The van der Waals surface area contributed by atoms with Crippen LogP contribution in [0.5, 0.6) is 0 Å². The van der Waals surface area contributed by atoms with Crippen LogP contribution in [0.15, 0.2) is 0 Å². The Morgan fingerprint density at radius 1 is 1.35 bits per heavy atom. The van der Waals surface area contributed by atoms with Crippen LogP contribution in [-0.4, -0.2) is 67.2 Å². The van der Waals surface area contributed by atoms with Crippen LogP contribution in [0.4, 0.5) is 0 Å². The maximum absolute atomic E-state index is 12.2. The van der Waals surface area contributed by atoms with Gasteiger partial charge in [0.15, 0.2) is 0 Å². The van der Waals surface area contributed by atoms with E-state index in [1.807, 2.05) is 4.90 Å². The lowest BCUT2D eigenvalue weighted by Gasteiger charge is -2.39. The van der Waals surface area contributed by atoms with E-state index in [1.165, 1.54) is 0 Å². The number of hydrogen-bond acceptors (Lipinski definition) is 4. The van der Waals surface area contributed by atoms with Crippen LogP contribution in [0.1, 0.15) is 39.0 Å². The fourth-order valence-electron chi connectivity index (χ4n) is 3.30. The van der Waals surface area contributed by atoms with Crippen molar-refractivity contribution < 1.29 is 9.53 Å². The lowest BCUT2D eigenvalue weighted by molar-refractivity contribution is -0.135. The van der Waals surface area contributed by atoms with E-state index in [0.717, 1.165) is 65.0 Å². The molecule has 0 aromatic heterocycles. The first-order valence-electron chi connectivity index (χ1n) is 8.08. The number of hydrogen-bond donors (Lipinski definition) is 1. The predicted octanol–water partition coefficient (Wildman–Crippen LogP) is 0.827. The number of rotatable bonds is 6. The molecule has 2 N–H and O–H groups in total. The maximum atomic E-state index is 12.2. The van der Waals surface area contributed by atoms with Gasteiger partial charge in [-0.05, 0) is 32.2 Å². The van der Waals surface area contributed by atoms with Gasteiger partial charge < -0.3 is 15.4 Å². The maximum Gasteiger partial charge on any atom is 0.225 e. The molecule has 1 amide bonds. The number of nitrogens with zero attached hydrogens (tertiary/aromatic N) is 2. The second-order valence-electron chi connectivity index (χ2n) is 5.90. The van der Waals surface area contributed by atoms with Crippen LogP contribution in [0.3, 0.4) is 0 Å². The summed E-state index contributed by atoms with van der Waals surface area (Å²) in [6.45, 7) is 7.46. The van der Waals surface area contributed by atoms with E-state index in [9.17, 15) is 4.79 Å². The molecule has 2 atom stereocenters. The Balaban J connectivity index is 1.73. The van der Waals surface area contributed by atoms with E-state index in [1.54, 1.807) is 0 Å². The first-order chi connectivity index (χ1) is 9.74. The number of amides is 1. The highest BCUT2D eigenvalue weighted by Gasteiger charge is 2.27. The van der Waals surface area contributed by atoms with Crippen LogP contribution < -0.4 is 5.73 Å². The molecule has 2 heterocycles. The van der Waals surface area contributed by atoms with Crippen molar-refractivity contribution >= 4 is 5.91 Å². The van der Waals surface area contributed by atoms with Gasteiger partial charge in [0.05, 0.1) is 12.5 Å². The van der Waals surface area contributed by atoms with E-state index in [4.69, 9.17) is 10.5 Å². The molecule has 0 spiro atoms. The van der Waals surface area contributed by atoms with E-state index >= 15 is 0 Å². The number of nitrogens with two attached hydrogens (primary N) is 1. The minimum atomic E-state index is 0.168. The molecule has 2 rings (SSSR count). The van der Waals surface area contributed by atoms with Crippen molar-refractivity contribution in [1.82, 2.24) is 9.80 Å². The molecule has 2 fully saturated rings. The summed E-state index contributed by atoms with van der Waals surface area (Å²) in [5.74, 6) is 0.267. The first-order valence-corrected chi connectivity index (χ1v) is 8.08. The summed E-state index contributed by atoms with van der Waals surface area (Å²) < 4.78 is 5.55. The second-order valence-corrected chi connectivity index (χ2v) is 5.90. The van der Waals surface area contributed by atoms with Gasteiger partial charge in [-0.3, -0.25) is 9.69 Å². The third-order valence-electron chi connectivity index (χ3n) is 4.58. The molecule has 116 valence electrons. The SMILES string of the molecule is CCC(CCN)N1CCN(C(=O)CC2CCCO2)CC1. The van der Waals surface area contributed by atoms with Crippen molar-refractivity contribution in [2.24, 2.45) is 5.73 Å². The largest absolute Gasteiger partial charge is 0.378 e. The Kier molecular flexibility index (Phi) is 6.26. The van der Waals surface area contributed by atoms with Crippen LogP contribution in [0.25, 0.3) is 0 Å². The Bertz CT molecular complexity index is 297. The van der Waals surface area contributed by atoms with Crippen LogP contribution in [0.2, 0.25) is 0 Å². The molecule has 2 aliphatic rings. The molecule has 5 nitrogen and oxygen atoms in total. The minimum Gasteiger partial charge on any atom is -0.378 e. The lowest BCUT2D eigenvalue weighted by atomic mass is 10.1. The molecule has 20 heavy (non-hydrogen) atoms. The van der Waals surface area contributed by atoms with Crippen molar-refractivity contribution in [3.63, 3.8) is 0 Å². The van der Waals surface area contributed by atoms with Crippen LogP contribution >= 0.6 is 0 Å². The molecule has 0 aliphatic carbocycles. The van der Waals surface area contributed by atoms with E-state index in [-0.39, 0.29) is 12.0 Å². The van der Waals surface area contributed by atoms with Crippen molar-refractivity contribution in [2.75, 3.05) is 39.3 Å². The van der Waals surface area contributed by atoms with Gasteiger partial charge in [-0.2, -0.15) is 0 Å². The van der Waals surface area contributed by atoms with Gasteiger partial charge in [0.2, 0.25) is 5.91 Å². The Morgan fingerprint density at radius 2 is 2.10 bits per heavy atom. The van der Waals surface area contributed by atoms with E-state index < -0.39 is 0 Å². The Morgan fingerprint density at radius 3 is 2.65 bits per heavy atom. The van der Waals surface area contributed by atoms with Crippen LogP contribution in [-0.2, 0) is 9.53 Å². The summed E-state index contributed by atoms with van der Waals surface area (Å²) in [6.07, 6.45) is 5.08. The number of carbonyl (C=O) groups excluding carboxylic acids is 1. The summed E-state index contributed by atoms with van der Waals surface area (Å²) in [4.78, 5) is 16.7. The smallest absolute Gasteiger partial charge is 0.225 e. The molecule has 0 aromatic rings. The fourth-order valence-corrected chi connectivity index (χ4v) is 3.30. The molecule has 0 saturated carbocycles. The normalized spacial score (nSPS) is 25.9. The number of ether oxygens (including phenoxy) is 1. The van der Waals surface area contributed by atoms with Gasteiger partial charge in [-0.25, -0.2) is 0 Å². The summed E-state index contributed by atoms with van der Waals surface area (Å²) in [7, 11) is 0. The van der Waals surface area contributed by atoms with E-state index in [2.05, 4.69) is 11.8 Å². The van der Waals surface area contributed by atoms with Gasteiger partial charge in [-0.1, -0.05) is 6.92 Å².